The minimum Gasteiger partial charge on any atom is -0.478 e. The Labute approximate surface area is 85.8 Å². The monoisotopic (exact) mass is 200 g/mol. The van der Waals surface area contributed by atoms with Gasteiger partial charge >= 0.3 is 5.97 Å². The van der Waals surface area contributed by atoms with Crippen LogP contribution in [0.1, 0.15) is 41.0 Å². The Morgan fingerprint density at radius 2 is 1.71 bits per heavy atom. The first kappa shape index (κ1) is 15.4. The van der Waals surface area contributed by atoms with Gasteiger partial charge in [0.25, 0.3) is 0 Å². The molecule has 0 aliphatic rings. The molecule has 14 heavy (non-hydrogen) atoms. The van der Waals surface area contributed by atoms with Gasteiger partial charge in [0, 0.05) is 12.0 Å². The highest BCUT2D eigenvalue weighted by molar-refractivity contribution is 5.85. The lowest BCUT2D eigenvalue weighted by atomic mass is 10.1. The topological polar surface area (TPSA) is 54.4 Å². The Morgan fingerprint density at radius 1 is 1.29 bits per heavy atom. The van der Waals surface area contributed by atoms with E-state index in [2.05, 4.69) is 0 Å². The van der Waals surface area contributed by atoms with Gasteiger partial charge in [-0.3, -0.25) is 0 Å². The third-order valence-electron chi connectivity index (χ3n) is 1.47. The van der Waals surface area contributed by atoms with Gasteiger partial charge in [-0.25, -0.2) is 4.79 Å². The van der Waals surface area contributed by atoms with Crippen molar-refractivity contribution in [3.63, 3.8) is 0 Å². The van der Waals surface area contributed by atoms with E-state index in [1.54, 1.807) is 26.8 Å². The summed E-state index contributed by atoms with van der Waals surface area (Å²) in [4.78, 5) is 20.1. The molecule has 3 nitrogen and oxygen atoms in total. The molecule has 0 aromatic carbocycles. The summed E-state index contributed by atoms with van der Waals surface area (Å²) < 4.78 is 0. The second-order valence-electron chi connectivity index (χ2n) is 3.58. The minimum absolute atomic E-state index is 0.287. The van der Waals surface area contributed by atoms with Crippen molar-refractivity contribution in [3.05, 3.63) is 11.6 Å². The number of Topliss-reactive ketones (excluding diaryl/α,β-unsaturated/α-hetero) is 1. The van der Waals surface area contributed by atoms with Gasteiger partial charge < -0.3 is 9.90 Å². The zero-order valence-corrected chi connectivity index (χ0v) is 9.63. The number of ketones is 1. The van der Waals surface area contributed by atoms with Crippen LogP contribution in [0.15, 0.2) is 11.6 Å². The molecule has 3 heteroatoms. The van der Waals surface area contributed by atoms with Crippen molar-refractivity contribution in [3.8, 4) is 0 Å². The maximum atomic E-state index is 10.3. The van der Waals surface area contributed by atoms with Gasteiger partial charge in [-0.05, 0) is 26.7 Å². The van der Waals surface area contributed by atoms with Gasteiger partial charge in [0.15, 0.2) is 0 Å². The van der Waals surface area contributed by atoms with Crippen LogP contribution in [0.5, 0.6) is 0 Å². The lowest BCUT2D eigenvalue weighted by Crippen LogP contribution is -1.95. The van der Waals surface area contributed by atoms with E-state index >= 15 is 0 Å². The SMILES string of the molecule is CC(=O)CC(C)C.CC=C(C)C(=O)O. The van der Waals surface area contributed by atoms with Crippen LogP contribution in [0.25, 0.3) is 0 Å². The molecule has 0 amide bonds. The molecule has 0 rings (SSSR count). The van der Waals surface area contributed by atoms with Crippen molar-refractivity contribution in [1.29, 1.82) is 0 Å². The van der Waals surface area contributed by atoms with Gasteiger partial charge in [0.2, 0.25) is 0 Å². The van der Waals surface area contributed by atoms with Crippen LogP contribution in [-0.4, -0.2) is 16.9 Å². The van der Waals surface area contributed by atoms with E-state index in [1.807, 2.05) is 13.8 Å². The highest BCUT2D eigenvalue weighted by Crippen LogP contribution is 1.97. The lowest BCUT2D eigenvalue weighted by Gasteiger charge is -1.95. The molecule has 0 spiro atoms. The van der Waals surface area contributed by atoms with E-state index in [0.717, 1.165) is 6.42 Å². The summed E-state index contributed by atoms with van der Waals surface area (Å²) in [6, 6.07) is 0. The highest BCUT2D eigenvalue weighted by atomic mass is 16.4. The van der Waals surface area contributed by atoms with E-state index in [1.165, 1.54) is 0 Å². The molecule has 0 aromatic rings. The molecular formula is C11H20O3. The predicted octanol–water partition coefficient (Wildman–Crippen LogP) is 2.66. The van der Waals surface area contributed by atoms with E-state index in [-0.39, 0.29) is 5.78 Å². The van der Waals surface area contributed by atoms with Crippen LogP contribution in [0.4, 0.5) is 0 Å². The molecule has 0 heterocycles. The molecule has 0 unspecified atom stereocenters. The van der Waals surface area contributed by atoms with Gasteiger partial charge in [-0.15, -0.1) is 0 Å². The normalized spacial score (nSPS) is 10.6. The third-order valence-corrected chi connectivity index (χ3v) is 1.47. The number of rotatable bonds is 3. The van der Waals surface area contributed by atoms with Crippen LogP contribution >= 0.6 is 0 Å². The maximum absolute atomic E-state index is 10.3. The Bertz CT molecular complexity index is 215. The number of carbonyl (C=O) groups is 2. The molecule has 0 bridgehead atoms. The average molecular weight is 200 g/mol. The van der Waals surface area contributed by atoms with Gasteiger partial charge in [0.1, 0.15) is 5.78 Å². The number of carbonyl (C=O) groups excluding carboxylic acids is 1. The average Bonchev–Trinajstić information content (AvgIpc) is 2.01. The molecule has 0 radical (unpaired) electrons. The minimum atomic E-state index is -0.845. The van der Waals surface area contributed by atoms with E-state index < -0.39 is 5.97 Å². The van der Waals surface area contributed by atoms with E-state index in [0.29, 0.717) is 11.5 Å². The number of allylic oxidation sites excluding steroid dienone is 1. The summed E-state index contributed by atoms with van der Waals surface area (Å²) in [5.41, 5.74) is 0.389. The molecule has 0 aliphatic heterocycles. The fourth-order valence-corrected chi connectivity index (χ4v) is 0.698. The van der Waals surface area contributed by atoms with Crippen molar-refractivity contribution in [2.75, 3.05) is 0 Å². The Kier molecular flexibility index (Phi) is 9.30. The summed E-state index contributed by atoms with van der Waals surface area (Å²) in [7, 11) is 0. The Morgan fingerprint density at radius 3 is 1.71 bits per heavy atom. The lowest BCUT2D eigenvalue weighted by molar-refractivity contribution is -0.132. The molecule has 0 saturated heterocycles. The number of carboxylic acid groups (broad SMARTS) is 1. The Hall–Kier alpha value is -1.12. The number of hydrogen-bond acceptors (Lipinski definition) is 2. The molecule has 1 N–H and O–H groups in total. The van der Waals surface area contributed by atoms with Crippen molar-refractivity contribution >= 4 is 11.8 Å². The van der Waals surface area contributed by atoms with Gasteiger partial charge in [-0.2, -0.15) is 0 Å². The quantitative estimate of drug-likeness (QED) is 0.712. The van der Waals surface area contributed by atoms with Crippen molar-refractivity contribution < 1.29 is 14.7 Å². The zero-order chi connectivity index (χ0) is 11.7. The second-order valence-corrected chi connectivity index (χ2v) is 3.58. The second kappa shape index (κ2) is 8.48. The smallest absolute Gasteiger partial charge is 0.330 e. The van der Waals surface area contributed by atoms with Crippen molar-refractivity contribution in [1.82, 2.24) is 0 Å². The predicted molar refractivity (Wildman–Crippen MR) is 57.2 cm³/mol. The third kappa shape index (κ3) is 13.5. The number of hydrogen-bond donors (Lipinski definition) is 1. The molecule has 0 fully saturated rings. The molecular weight excluding hydrogens is 180 g/mol. The molecule has 0 saturated carbocycles. The molecule has 0 aromatic heterocycles. The Balaban J connectivity index is 0. The van der Waals surface area contributed by atoms with Crippen LogP contribution in [0.3, 0.4) is 0 Å². The summed E-state index contributed by atoms with van der Waals surface area (Å²) >= 11 is 0. The summed E-state index contributed by atoms with van der Waals surface area (Å²) in [5, 5.41) is 8.11. The van der Waals surface area contributed by atoms with Crippen molar-refractivity contribution in [2.24, 2.45) is 5.92 Å². The first-order valence-corrected chi connectivity index (χ1v) is 4.66. The largest absolute Gasteiger partial charge is 0.478 e. The number of carboxylic acids is 1. The maximum Gasteiger partial charge on any atom is 0.330 e. The zero-order valence-electron chi connectivity index (χ0n) is 9.63. The summed E-state index contributed by atoms with van der Waals surface area (Å²) in [5.74, 6) is -0.0324. The number of aliphatic carboxylic acids is 1. The van der Waals surface area contributed by atoms with Crippen LogP contribution < -0.4 is 0 Å². The van der Waals surface area contributed by atoms with Crippen LogP contribution in [0, 0.1) is 5.92 Å². The van der Waals surface area contributed by atoms with E-state index in [9.17, 15) is 9.59 Å². The molecule has 0 aliphatic carbocycles. The van der Waals surface area contributed by atoms with Crippen LogP contribution in [-0.2, 0) is 9.59 Å². The molecule has 0 atom stereocenters. The fraction of sp³-hybridized carbons (Fsp3) is 0.636. The van der Waals surface area contributed by atoms with E-state index in [4.69, 9.17) is 5.11 Å². The van der Waals surface area contributed by atoms with Crippen molar-refractivity contribution in [2.45, 2.75) is 41.0 Å². The molecule has 82 valence electrons. The fourth-order valence-electron chi connectivity index (χ4n) is 0.698. The summed E-state index contributed by atoms with van der Waals surface area (Å²) in [6.07, 6.45) is 2.28. The van der Waals surface area contributed by atoms with Crippen LogP contribution in [0.2, 0.25) is 0 Å². The highest BCUT2D eigenvalue weighted by Gasteiger charge is 1.95. The summed E-state index contributed by atoms with van der Waals surface area (Å²) in [6.45, 7) is 8.97. The first-order valence-electron chi connectivity index (χ1n) is 4.66. The van der Waals surface area contributed by atoms with Gasteiger partial charge in [-0.1, -0.05) is 19.9 Å². The first-order chi connectivity index (χ1) is 6.31. The van der Waals surface area contributed by atoms with Gasteiger partial charge in [0.05, 0.1) is 0 Å². The standard InChI is InChI=1S/C6H12O.C5H8O2/c1-5(2)4-6(3)7;1-3-4(2)5(6)7/h5H,4H2,1-3H3;3H,1-2H3,(H,6,7).